The van der Waals surface area contributed by atoms with Gasteiger partial charge in [0.1, 0.15) is 5.69 Å². The van der Waals surface area contributed by atoms with Crippen LogP contribution in [0.3, 0.4) is 0 Å². The Bertz CT molecular complexity index is 445. The van der Waals surface area contributed by atoms with Gasteiger partial charge in [-0.25, -0.2) is 0 Å². The van der Waals surface area contributed by atoms with Gasteiger partial charge in [0, 0.05) is 12.1 Å². The standard InChI is InChI=1S/C11H10Cl2N2O2/c12-8-5-10(14-7-3-1-2-4-7)11(15(16)17)6-9(8)13/h1-2,5-7,14H,3-4H2. The molecule has 1 aromatic rings. The van der Waals surface area contributed by atoms with Crippen LogP contribution in [0.2, 0.25) is 10.0 Å². The predicted molar refractivity (Wildman–Crippen MR) is 68.4 cm³/mol. The Hall–Kier alpha value is -1.00. The molecule has 4 nitrogen and oxygen atoms in total. The molecule has 1 aliphatic rings. The van der Waals surface area contributed by atoms with Crippen LogP contribution in [0.5, 0.6) is 0 Å². The molecule has 2 rings (SSSR count). The zero-order chi connectivity index (χ0) is 12.4. The third-order valence-electron chi connectivity index (χ3n) is 2.60. The number of hydrogen-bond donors (Lipinski definition) is 1. The Morgan fingerprint density at radius 2 is 1.82 bits per heavy atom. The second-order valence-electron chi connectivity index (χ2n) is 3.82. The highest BCUT2D eigenvalue weighted by molar-refractivity contribution is 6.42. The van der Waals surface area contributed by atoms with Crippen LogP contribution >= 0.6 is 23.2 Å². The zero-order valence-electron chi connectivity index (χ0n) is 8.82. The summed E-state index contributed by atoms with van der Waals surface area (Å²) < 4.78 is 0. The van der Waals surface area contributed by atoms with E-state index in [-0.39, 0.29) is 16.8 Å². The lowest BCUT2D eigenvalue weighted by Crippen LogP contribution is -2.15. The molecule has 0 amide bonds. The van der Waals surface area contributed by atoms with Crippen molar-refractivity contribution < 1.29 is 4.92 Å². The summed E-state index contributed by atoms with van der Waals surface area (Å²) >= 11 is 11.6. The lowest BCUT2D eigenvalue weighted by Gasteiger charge is -2.14. The number of nitro benzene ring substituents is 1. The van der Waals surface area contributed by atoms with Crippen molar-refractivity contribution in [3.8, 4) is 0 Å². The van der Waals surface area contributed by atoms with Gasteiger partial charge in [-0.1, -0.05) is 23.2 Å². The van der Waals surface area contributed by atoms with Crippen molar-refractivity contribution >= 4 is 34.6 Å². The molecule has 0 aliphatic heterocycles. The lowest BCUT2D eigenvalue weighted by molar-refractivity contribution is -0.384. The van der Waals surface area contributed by atoms with Crippen molar-refractivity contribution in [3.05, 3.63) is 45.1 Å². The average Bonchev–Trinajstić information content (AvgIpc) is 2.75. The van der Waals surface area contributed by atoms with Gasteiger partial charge < -0.3 is 5.32 Å². The smallest absolute Gasteiger partial charge is 0.293 e. The van der Waals surface area contributed by atoms with Crippen LogP contribution in [0, 0.1) is 23.0 Å². The van der Waals surface area contributed by atoms with Crippen LogP contribution in [0.15, 0.2) is 12.1 Å². The number of nitrogens with one attached hydrogen (secondary N) is 1. The third kappa shape index (κ3) is 2.82. The average molecular weight is 273 g/mol. The molecule has 1 fully saturated rings. The summed E-state index contributed by atoms with van der Waals surface area (Å²) in [5, 5.41) is 14.5. The van der Waals surface area contributed by atoms with Crippen LogP contribution in [-0.4, -0.2) is 11.0 Å². The fourth-order valence-corrected chi connectivity index (χ4v) is 2.08. The molecule has 1 N–H and O–H groups in total. The predicted octanol–water partition coefficient (Wildman–Crippen LogP) is 3.88. The summed E-state index contributed by atoms with van der Waals surface area (Å²) in [7, 11) is 0. The van der Waals surface area contributed by atoms with E-state index < -0.39 is 4.92 Å². The normalized spacial score (nSPS) is 16.1. The van der Waals surface area contributed by atoms with Gasteiger partial charge in [-0.2, -0.15) is 0 Å². The van der Waals surface area contributed by atoms with E-state index in [4.69, 9.17) is 23.2 Å². The fraction of sp³-hybridized carbons (Fsp3) is 0.273. The van der Waals surface area contributed by atoms with Crippen molar-refractivity contribution in [1.82, 2.24) is 0 Å². The number of rotatable bonds is 3. The van der Waals surface area contributed by atoms with Crippen molar-refractivity contribution in [2.24, 2.45) is 0 Å². The molecular formula is C11H10Cl2N2O2. The van der Waals surface area contributed by atoms with E-state index in [9.17, 15) is 10.1 Å². The Balaban J connectivity index is 2.29. The minimum atomic E-state index is -0.465. The molecule has 0 aromatic heterocycles. The number of nitro groups is 1. The zero-order valence-corrected chi connectivity index (χ0v) is 10.3. The minimum absolute atomic E-state index is 0.0497. The molecule has 0 heterocycles. The largest absolute Gasteiger partial charge is 0.377 e. The first-order chi connectivity index (χ1) is 8.08. The molecule has 17 heavy (non-hydrogen) atoms. The van der Waals surface area contributed by atoms with Gasteiger partial charge in [0.2, 0.25) is 0 Å². The highest BCUT2D eigenvalue weighted by atomic mass is 35.5. The maximum Gasteiger partial charge on any atom is 0.293 e. The molecule has 2 radical (unpaired) electrons. The van der Waals surface area contributed by atoms with Gasteiger partial charge >= 0.3 is 0 Å². The van der Waals surface area contributed by atoms with Crippen LogP contribution in [0.4, 0.5) is 11.4 Å². The second kappa shape index (κ2) is 5.10. The first-order valence-electron chi connectivity index (χ1n) is 5.13. The Morgan fingerprint density at radius 3 is 2.41 bits per heavy atom. The second-order valence-corrected chi connectivity index (χ2v) is 4.64. The molecule has 1 saturated carbocycles. The summed E-state index contributed by atoms with van der Waals surface area (Å²) in [4.78, 5) is 10.4. The van der Waals surface area contributed by atoms with Gasteiger partial charge in [0.05, 0.1) is 15.0 Å². The molecule has 0 saturated heterocycles. The van der Waals surface area contributed by atoms with Crippen molar-refractivity contribution in [3.63, 3.8) is 0 Å². The molecule has 0 unspecified atom stereocenters. The first kappa shape index (κ1) is 12.5. The van der Waals surface area contributed by atoms with E-state index in [0.29, 0.717) is 10.7 Å². The third-order valence-corrected chi connectivity index (χ3v) is 3.32. The van der Waals surface area contributed by atoms with Crippen molar-refractivity contribution in [2.75, 3.05) is 5.32 Å². The lowest BCUT2D eigenvalue weighted by atomic mass is 10.2. The van der Waals surface area contributed by atoms with Crippen molar-refractivity contribution in [1.29, 1.82) is 0 Å². The topological polar surface area (TPSA) is 55.2 Å². The van der Waals surface area contributed by atoms with Gasteiger partial charge in [0.25, 0.3) is 5.69 Å². The molecule has 90 valence electrons. The van der Waals surface area contributed by atoms with E-state index in [0.717, 1.165) is 12.8 Å². The van der Waals surface area contributed by atoms with Gasteiger partial charge in [0.15, 0.2) is 0 Å². The Kier molecular flexibility index (Phi) is 3.74. The quantitative estimate of drug-likeness (QED) is 0.671. The molecule has 1 aromatic carbocycles. The molecular weight excluding hydrogens is 263 g/mol. The molecule has 0 spiro atoms. The number of nitrogens with zero attached hydrogens (tertiary/aromatic N) is 1. The van der Waals surface area contributed by atoms with Gasteiger partial charge in [-0.3, -0.25) is 10.1 Å². The molecule has 0 bridgehead atoms. The highest BCUT2D eigenvalue weighted by Crippen LogP contribution is 2.35. The van der Waals surface area contributed by atoms with Gasteiger partial charge in [-0.05, 0) is 31.7 Å². The maximum atomic E-state index is 10.9. The van der Waals surface area contributed by atoms with E-state index >= 15 is 0 Å². The number of anilines is 1. The van der Waals surface area contributed by atoms with Crippen LogP contribution in [0.1, 0.15) is 12.8 Å². The van der Waals surface area contributed by atoms with E-state index in [1.807, 2.05) is 12.8 Å². The van der Waals surface area contributed by atoms with E-state index in [2.05, 4.69) is 5.32 Å². The summed E-state index contributed by atoms with van der Waals surface area (Å²) in [5.41, 5.74) is 0.365. The highest BCUT2D eigenvalue weighted by Gasteiger charge is 2.21. The summed E-state index contributed by atoms with van der Waals surface area (Å²) in [5.74, 6) is 0. The van der Waals surface area contributed by atoms with Crippen molar-refractivity contribution in [2.45, 2.75) is 18.9 Å². The monoisotopic (exact) mass is 272 g/mol. The number of hydrogen-bond acceptors (Lipinski definition) is 3. The maximum absolute atomic E-state index is 10.9. The number of halogens is 2. The molecule has 6 heteroatoms. The van der Waals surface area contributed by atoms with Crippen LogP contribution in [0.25, 0.3) is 0 Å². The fourth-order valence-electron chi connectivity index (χ4n) is 1.76. The number of benzene rings is 1. The van der Waals surface area contributed by atoms with Gasteiger partial charge in [-0.15, -0.1) is 0 Å². The Labute approximate surface area is 109 Å². The minimum Gasteiger partial charge on any atom is -0.377 e. The summed E-state index contributed by atoms with van der Waals surface area (Å²) in [6.07, 6.45) is 5.80. The first-order valence-corrected chi connectivity index (χ1v) is 5.88. The molecule has 0 atom stereocenters. The molecule has 1 aliphatic carbocycles. The van der Waals surface area contributed by atoms with Crippen LogP contribution in [-0.2, 0) is 0 Å². The summed E-state index contributed by atoms with van der Waals surface area (Å²) in [6, 6.07) is 2.96. The van der Waals surface area contributed by atoms with E-state index in [1.165, 1.54) is 12.1 Å². The Morgan fingerprint density at radius 1 is 1.24 bits per heavy atom. The summed E-state index contributed by atoms with van der Waals surface area (Å²) in [6.45, 7) is 0. The SMILES string of the molecule is O=[N+]([O-])c1cc(Cl)c(Cl)cc1NC1C[CH][CH]C1. The van der Waals surface area contributed by atoms with Crippen LogP contribution < -0.4 is 5.32 Å². The van der Waals surface area contributed by atoms with E-state index in [1.54, 1.807) is 0 Å².